The van der Waals surface area contributed by atoms with Crippen LogP contribution in [0.25, 0.3) is 0 Å². The van der Waals surface area contributed by atoms with Crippen molar-refractivity contribution in [2.45, 2.75) is 12.5 Å². The molecule has 1 atom stereocenters. The number of fused-ring (bicyclic) bond motifs is 1. The number of nitrogens with one attached hydrogen (secondary N) is 1. The van der Waals surface area contributed by atoms with Crippen molar-refractivity contribution in [1.82, 2.24) is 5.32 Å². The first-order chi connectivity index (χ1) is 6.81. The van der Waals surface area contributed by atoms with E-state index in [1.165, 1.54) is 5.56 Å². The number of rotatable bonds is 1. The Morgan fingerprint density at radius 1 is 1.50 bits per heavy atom. The molecule has 76 valence electrons. The van der Waals surface area contributed by atoms with Gasteiger partial charge in [-0.05, 0) is 36.2 Å². The highest BCUT2D eigenvalue weighted by atomic mass is 16.5. The molecule has 1 aromatic rings. The van der Waals surface area contributed by atoms with E-state index < -0.39 is 6.10 Å². The number of β-amino-alcohol motifs (C(OH)–C–C–N with tert-alkyl or cyclic N) is 1. The van der Waals surface area contributed by atoms with Crippen molar-refractivity contribution >= 4 is 0 Å². The highest BCUT2D eigenvalue weighted by molar-refractivity contribution is 5.38. The summed E-state index contributed by atoms with van der Waals surface area (Å²) in [6, 6.07) is 5.90. The van der Waals surface area contributed by atoms with Gasteiger partial charge in [0, 0.05) is 6.54 Å². The van der Waals surface area contributed by atoms with Crippen molar-refractivity contribution in [3.8, 4) is 5.75 Å². The summed E-state index contributed by atoms with van der Waals surface area (Å²) in [6.07, 6.45) is 0.554. The molecule has 0 bridgehead atoms. The average molecular weight is 193 g/mol. The lowest BCUT2D eigenvalue weighted by atomic mass is 10.0. The highest BCUT2D eigenvalue weighted by Gasteiger charge is 2.16. The number of benzene rings is 1. The van der Waals surface area contributed by atoms with Crippen molar-refractivity contribution in [2.24, 2.45) is 0 Å². The van der Waals surface area contributed by atoms with E-state index >= 15 is 0 Å². The van der Waals surface area contributed by atoms with Crippen molar-refractivity contribution in [3.05, 3.63) is 29.3 Å². The van der Waals surface area contributed by atoms with Crippen LogP contribution in [0.3, 0.4) is 0 Å². The predicted octanol–water partition coefficient (Wildman–Crippen LogP) is 0.874. The van der Waals surface area contributed by atoms with Gasteiger partial charge >= 0.3 is 0 Å². The van der Waals surface area contributed by atoms with Gasteiger partial charge in [0.15, 0.2) is 0 Å². The zero-order valence-corrected chi connectivity index (χ0v) is 8.29. The predicted molar refractivity (Wildman–Crippen MR) is 54.5 cm³/mol. The Hall–Kier alpha value is -1.06. The normalized spacial score (nSPS) is 21.1. The molecule has 1 unspecified atom stereocenters. The summed E-state index contributed by atoms with van der Waals surface area (Å²) in [5.41, 5.74) is 2.21. The number of methoxy groups -OCH3 is 1. The fourth-order valence-electron chi connectivity index (χ4n) is 1.81. The van der Waals surface area contributed by atoms with Gasteiger partial charge in [0.1, 0.15) is 5.75 Å². The van der Waals surface area contributed by atoms with E-state index in [9.17, 15) is 5.11 Å². The standard InChI is InChI=1S/C11H15NO2/c1-14-9-3-2-8-4-5-12-7-11(13)10(8)6-9/h2-3,6,11-13H,4-5,7H2,1H3. The van der Waals surface area contributed by atoms with Gasteiger partial charge in [-0.1, -0.05) is 6.07 Å². The first-order valence-corrected chi connectivity index (χ1v) is 4.87. The lowest BCUT2D eigenvalue weighted by Crippen LogP contribution is -2.19. The van der Waals surface area contributed by atoms with Crippen LogP contribution >= 0.6 is 0 Å². The van der Waals surface area contributed by atoms with Gasteiger partial charge in [0.2, 0.25) is 0 Å². The fraction of sp³-hybridized carbons (Fsp3) is 0.455. The van der Waals surface area contributed by atoms with Crippen molar-refractivity contribution in [2.75, 3.05) is 20.2 Å². The molecule has 1 heterocycles. The summed E-state index contributed by atoms with van der Waals surface area (Å²) >= 11 is 0. The molecule has 1 aliphatic heterocycles. The van der Waals surface area contributed by atoms with Crippen molar-refractivity contribution < 1.29 is 9.84 Å². The molecule has 3 heteroatoms. The minimum absolute atomic E-state index is 0.414. The Morgan fingerprint density at radius 3 is 3.14 bits per heavy atom. The average Bonchev–Trinajstić information content (AvgIpc) is 2.40. The molecular formula is C11H15NO2. The van der Waals surface area contributed by atoms with Crippen LogP contribution in [0.4, 0.5) is 0 Å². The summed E-state index contributed by atoms with van der Waals surface area (Å²) in [6.45, 7) is 1.55. The molecule has 0 aliphatic carbocycles. The minimum atomic E-state index is -0.414. The molecular weight excluding hydrogens is 178 g/mol. The van der Waals surface area contributed by atoms with E-state index in [0.717, 1.165) is 24.3 Å². The molecule has 2 N–H and O–H groups in total. The van der Waals surface area contributed by atoms with Crippen LogP contribution in [0.1, 0.15) is 17.2 Å². The van der Waals surface area contributed by atoms with Gasteiger partial charge in [0.05, 0.1) is 13.2 Å². The molecule has 3 nitrogen and oxygen atoms in total. The van der Waals surface area contributed by atoms with Crippen LogP contribution in [0.5, 0.6) is 5.75 Å². The van der Waals surface area contributed by atoms with E-state index in [1.54, 1.807) is 7.11 Å². The van der Waals surface area contributed by atoms with E-state index in [2.05, 4.69) is 5.32 Å². The Labute approximate surface area is 83.7 Å². The third kappa shape index (κ3) is 1.74. The van der Waals surface area contributed by atoms with Gasteiger partial charge in [-0.25, -0.2) is 0 Å². The van der Waals surface area contributed by atoms with Gasteiger partial charge in [-0.3, -0.25) is 0 Å². The minimum Gasteiger partial charge on any atom is -0.497 e. The van der Waals surface area contributed by atoms with E-state index in [-0.39, 0.29) is 0 Å². The van der Waals surface area contributed by atoms with Crippen LogP contribution in [-0.2, 0) is 6.42 Å². The van der Waals surface area contributed by atoms with Crippen LogP contribution in [0.2, 0.25) is 0 Å². The topological polar surface area (TPSA) is 41.5 Å². The fourth-order valence-corrected chi connectivity index (χ4v) is 1.81. The van der Waals surface area contributed by atoms with Crippen molar-refractivity contribution in [1.29, 1.82) is 0 Å². The molecule has 0 radical (unpaired) electrons. The third-order valence-electron chi connectivity index (χ3n) is 2.62. The lowest BCUT2D eigenvalue weighted by molar-refractivity contribution is 0.177. The molecule has 0 saturated heterocycles. The third-order valence-corrected chi connectivity index (χ3v) is 2.62. The number of aliphatic hydroxyl groups excluding tert-OH is 1. The second-order valence-electron chi connectivity index (χ2n) is 3.53. The Kier molecular flexibility index (Phi) is 2.70. The molecule has 2 rings (SSSR count). The van der Waals surface area contributed by atoms with Gasteiger partial charge in [-0.15, -0.1) is 0 Å². The van der Waals surface area contributed by atoms with Crippen LogP contribution in [-0.4, -0.2) is 25.3 Å². The molecule has 1 aliphatic rings. The summed E-state index contributed by atoms with van der Waals surface area (Å²) in [4.78, 5) is 0. The molecule has 0 spiro atoms. The number of ether oxygens (including phenoxy) is 1. The molecule has 1 aromatic carbocycles. The van der Waals surface area contributed by atoms with Crippen LogP contribution in [0, 0.1) is 0 Å². The summed E-state index contributed by atoms with van der Waals surface area (Å²) < 4.78 is 5.14. The summed E-state index contributed by atoms with van der Waals surface area (Å²) in [5.74, 6) is 0.810. The first-order valence-electron chi connectivity index (χ1n) is 4.87. The summed E-state index contributed by atoms with van der Waals surface area (Å²) in [7, 11) is 1.64. The second kappa shape index (κ2) is 3.98. The summed E-state index contributed by atoms with van der Waals surface area (Å²) in [5, 5.41) is 13.0. The molecule has 0 saturated carbocycles. The maximum Gasteiger partial charge on any atom is 0.119 e. The smallest absolute Gasteiger partial charge is 0.119 e. The maximum atomic E-state index is 9.84. The first kappa shape index (κ1) is 9.49. The molecule has 0 aromatic heterocycles. The highest BCUT2D eigenvalue weighted by Crippen LogP contribution is 2.25. The van der Waals surface area contributed by atoms with Gasteiger partial charge < -0.3 is 15.2 Å². The lowest BCUT2D eigenvalue weighted by Gasteiger charge is -2.12. The number of aliphatic hydroxyl groups is 1. The Bertz CT molecular complexity index is 325. The zero-order valence-electron chi connectivity index (χ0n) is 8.29. The molecule has 0 amide bonds. The maximum absolute atomic E-state index is 9.84. The van der Waals surface area contributed by atoms with E-state index in [0.29, 0.717) is 6.54 Å². The monoisotopic (exact) mass is 193 g/mol. The second-order valence-corrected chi connectivity index (χ2v) is 3.53. The van der Waals surface area contributed by atoms with E-state index in [4.69, 9.17) is 4.74 Å². The largest absolute Gasteiger partial charge is 0.497 e. The zero-order chi connectivity index (χ0) is 9.97. The quantitative estimate of drug-likeness (QED) is 0.695. The Morgan fingerprint density at radius 2 is 2.36 bits per heavy atom. The number of hydrogen-bond donors (Lipinski definition) is 2. The van der Waals surface area contributed by atoms with Crippen LogP contribution < -0.4 is 10.1 Å². The van der Waals surface area contributed by atoms with Gasteiger partial charge in [0.25, 0.3) is 0 Å². The Balaban J connectivity index is 2.39. The SMILES string of the molecule is COc1ccc2c(c1)C(O)CNCC2. The van der Waals surface area contributed by atoms with Crippen LogP contribution in [0.15, 0.2) is 18.2 Å². The molecule has 0 fully saturated rings. The van der Waals surface area contributed by atoms with E-state index in [1.807, 2.05) is 18.2 Å². The number of hydrogen-bond acceptors (Lipinski definition) is 3. The van der Waals surface area contributed by atoms with Crippen molar-refractivity contribution in [3.63, 3.8) is 0 Å². The molecule has 14 heavy (non-hydrogen) atoms. The van der Waals surface area contributed by atoms with Gasteiger partial charge in [-0.2, -0.15) is 0 Å².